The Labute approximate surface area is 143 Å². The van der Waals surface area contributed by atoms with E-state index in [0.717, 1.165) is 27.1 Å². The van der Waals surface area contributed by atoms with Crippen LogP contribution in [0.1, 0.15) is 78.1 Å². The summed E-state index contributed by atoms with van der Waals surface area (Å²) in [5, 5.41) is 1.82. The molecule has 0 aromatic heterocycles. The second-order valence-electron chi connectivity index (χ2n) is 11.5. The highest BCUT2D eigenvalue weighted by Gasteiger charge is 2.85. The molecule has 0 aromatic carbocycles. The first-order valence-electron chi connectivity index (χ1n) is 10.8. The van der Waals surface area contributed by atoms with Crippen LogP contribution < -0.4 is 0 Å². The maximum atomic E-state index is 2.61. The quantitative estimate of drug-likeness (QED) is 0.554. The summed E-state index contributed by atoms with van der Waals surface area (Å²) in [5.41, 5.74) is 1.83. The molecule has 7 fully saturated rings. The van der Waals surface area contributed by atoms with Crippen LogP contribution in [-0.2, 0) is 0 Å². The lowest BCUT2D eigenvalue weighted by molar-refractivity contribution is 0.00105. The molecule has 7 aliphatic rings. The van der Waals surface area contributed by atoms with Crippen molar-refractivity contribution in [2.45, 2.75) is 88.4 Å². The molecule has 7 rings (SSSR count). The molecule has 0 nitrogen and oxygen atoms in total. The van der Waals surface area contributed by atoms with Crippen molar-refractivity contribution in [1.82, 2.24) is 0 Å². The lowest BCUT2D eigenvalue weighted by Gasteiger charge is -2.54. The molecule has 10 unspecified atom stereocenters. The smallest absolute Gasteiger partial charge is 0.00215 e. The van der Waals surface area contributed by atoms with Crippen molar-refractivity contribution in [3.63, 3.8) is 0 Å². The summed E-state index contributed by atoms with van der Waals surface area (Å²) < 4.78 is 0. The Morgan fingerprint density at radius 2 is 1.78 bits per heavy atom. The molecule has 10 atom stereocenters. The Kier molecular flexibility index (Phi) is 2.14. The van der Waals surface area contributed by atoms with E-state index in [9.17, 15) is 0 Å². The largest absolute Gasteiger partial charge is 0.0936 e. The zero-order valence-electron chi connectivity index (χ0n) is 15.1. The summed E-state index contributed by atoms with van der Waals surface area (Å²) in [7, 11) is 0.320. The Hall–Kier alpha value is 0.430. The van der Waals surface area contributed by atoms with E-state index in [1.54, 1.807) is 70.4 Å². The van der Waals surface area contributed by atoms with Gasteiger partial charge in [0, 0.05) is 0 Å². The highest BCUT2D eigenvalue weighted by atomic mass is 31.1. The van der Waals surface area contributed by atoms with Gasteiger partial charge in [0.05, 0.1) is 0 Å². The van der Waals surface area contributed by atoms with Gasteiger partial charge >= 0.3 is 0 Å². The first-order chi connectivity index (χ1) is 11.1. The number of hydrogen-bond acceptors (Lipinski definition) is 0. The fourth-order valence-corrected chi connectivity index (χ4v) is 16.2. The molecule has 0 amide bonds. The predicted octanol–water partition coefficient (Wildman–Crippen LogP) is 6.04. The molecule has 0 aliphatic heterocycles. The van der Waals surface area contributed by atoms with Gasteiger partial charge in [0.15, 0.2) is 0 Å². The fourth-order valence-electron chi connectivity index (χ4n) is 10.9. The first kappa shape index (κ1) is 13.6. The van der Waals surface area contributed by atoms with Gasteiger partial charge < -0.3 is 0 Å². The van der Waals surface area contributed by atoms with E-state index in [4.69, 9.17) is 0 Å². The lowest BCUT2D eigenvalue weighted by Crippen LogP contribution is -2.44. The second kappa shape index (κ2) is 3.61. The Balaban J connectivity index is 1.28. The van der Waals surface area contributed by atoms with Gasteiger partial charge in [0.1, 0.15) is 0 Å². The van der Waals surface area contributed by atoms with Crippen LogP contribution in [-0.4, -0.2) is 16.5 Å². The maximum Gasteiger partial charge on any atom is -0.00215 e. The highest BCUT2D eigenvalue weighted by Crippen LogP contribution is 2.96. The van der Waals surface area contributed by atoms with E-state index in [0.29, 0.717) is 7.92 Å². The van der Waals surface area contributed by atoms with Crippen molar-refractivity contribution in [3.05, 3.63) is 0 Å². The van der Waals surface area contributed by atoms with E-state index < -0.39 is 0 Å². The topological polar surface area (TPSA) is 0 Å². The minimum atomic E-state index is 0.320. The van der Waals surface area contributed by atoms with Crippen LogP contribution in [0.3, 0.4) is 0 Å². The first-order valence-corrected chi connectivity index (χ1v) is 12.4. The summed E-state index contributed by atoms with van der Waals surface area (Å²) in [6.07, 6.45) is 18.3. The summed E-state index contributed by atoms with van der Waals surface area (Å²) >= 11 is 0. The van der Waals surface area contributed by atoms with Crippen molar-refractivity contribution in [1.29, 1.82) is 0 Å². The molecule has 0 saturated heterocycles. The number of rotatable bonds is 3. The normalized spacial score (nSPS) is 70.4. The summed E-state index contributed by atoms with van der Waals surface area (Å²) in [6.45, 7) is 5.17. The highest BCUT2D eigenvalue weighted by molar-refractivity contribution is 7.61. The van der Waals surface area contributed by atoms with Crippen molar-refractivity contribution < 1.29 is 0 Å². The molecule has 7 aliphatic carbocycles. The monoisotopic (exact) mass is 328 g/mol. The minimum Gasteiger partial charge on any atom is -0.0936 e. The van der Waals surface area contributed by atoms with Gasteiger partial charge in [0.2, 0.25) is 0 Å². The molecule has 1 heteroatoms. The van der Waals surface area contributed by atoms with Gasteiger partial charge in [-0.2, -0.15) is 0 Å². The van der Waals surface area contributed by atoms with Crippen molar-refractivity contribution >= 4 is 7.92 Å². The molecule has 0 N–H and O–H groups in total. The third-order valence-electron chi connectivity index (χ3n) is 11.0. The molecular formula is C22H33P. The van der Waals surface area contributed by atoms with Gasteiger partial charge in [-0.25, -0.2) is 0 Å². The third-order valence-corrected chi connectivity index (χ3v) is 15.1. The fraction of sp³-hybridized carbons (Fsp3) is 1.00. The van der Waals surface area contributed by atoms with Crippen LogP contribution in [0.15, 0.2) is 0 Å². The van der Waals surface area contributed by atoms with Gasteiger partial charge in [-0.05, 0) is 121 Å². The molecule has 126 valence electrons. The van der Waals surface area contributed by atoms with Gasteiger partial charge in [-0.1, -0.05) is 21.8 Å². The Morgan fingerprint density at radius 1 is 0.870 bits per heavy atom. The van der Waals surface area contributed by atoms with E-state index >= 15 is 0 Å². The molecule has 23 heavy (non-hydrogen) atoms. The standard InChI is InChI=1S/C22H33P/c1-3-23(22-11-18-4-14(2)7-21(18,22)13-22)19-8-15-5-16-6-17(10-19)20(16,9-15)12-19/h14-18H,3-13H2,1-2H3. The average Bonchev–Trinajstić information content (AvgIpc) is 2.65. The summed E-state index contributed by atoms with van der Waals surface area (Å²) in [5.74, 6) is 5.79. The molecule has 3 bridgehead atoms. The molecule has 7 saturated carbocycles. The van der Waals surface area contributed by atoms with Crippen molar-refractivity contribution in [3.8, 4) is 0 Å². The van der Waals surface area contributed by atoms with Crippen LogP contribution in [0.2, 0.25) is 0 Å². The maximum absolute atomic E-state index is 2.61. The summed E-state index contributed by atoms with van der Waals surface area (Å²) in [6, 6.07) is 0. The van der Waals surface area contributed by atoms with E-state index in [2.05, 4.69) is 13.8 Å². The van der Waals surface area contributed by atoms with Crippen LogP contribution in [0.4, 0.5) is 0 Å². The molecule has 0 radical (unpaired) electrons. The second-order valence-corrected chi connectivity index (χ2v) is 14.8. The van der Waals surface area contributed by atoms with Gasteiger partial charge in [-0.3, -0.25) is 0 Å². The van der Waals surface area contributed by atoms with E-state index in [-0.39, 0.29) is 0 Å². The molecule has 0 heterocycles. The zero-order valence-corrected chi connectivity index (χ0v) is 16.0. The van der Waals surface area contributed by atoms with Crippen LogP contribution in [0.25, 0.3) is 0 Å². The van der Waals surface area contributed by atoms with E-state index in [1.165, 1.54) is 23.7 Å². The Morgan fingerprint density at radius 3 is 2.61 bits per heavy atom. The number of hydrogen-bond donors (Lipinski definition) is 0. The Bertz CT molecular complexity index is 605. The predicted molar refractivity (Wildman–Crippen MR) is 97.1 cm³/mol. The lowest BCUT2D eigenvalue weighted by atomic mass is 9.56. The molecular weight excluding hydrogens is 295 g/mol. The van der Waals surface area contributed by atoms with Crippen molar-refractivity contribution in [2.24, 2.45) is 40.4 Å². The molecule has 0 aromatic rings. The van der Waals surface area contributed by atoms with Gasteiger partial charge in [-0.15, -0.1) is 0 Å². The minimum absolute atomic E-state index is 0.320. The zero-order chi connectivity index (χ0) is 15.2. The van der Waals surface area contributed by atoms with Crippen LogP contribution >= 0.6 is 7.92 Å². The van der Waals surface area contributed by atoms with Gasteiger partial charge in [0.25, 0.3) is 0 Å². The number of fused-ring (bicyclic) bond motifs is 2. The van der Waals surface area contributed by atoms with Crippen molar-refractivity contribution in [2.75, 3.05) is 6.16 Å². The van der Waals surface area contributed by atoms with Crippen LogP contribution in [0.5, 0.6) is 0 Å². The average molecular weight is 328 g/mol. The molecule has 2 spiro atoms. The van der Waals surface area contributed by atoms with Crippen LogP contribution in [0, 0.1) is 40.4 Å². The SMILES string of the molecule is CCP(C12CC3CC4CC(C1)C4(C3)C2)C12CC3CC(C)CC31C2. The van der Waals surface area contributed by atoms with E-state index in [1.807, 2.05) is 0 Å². The third kappa shape index (κ3) is 1.20. The summed E-state index contributed by atoms with van der Waals surface area (Å²) in [4.78, 5) is 0.